The zero-order valence-electron chi connectivity index (χ0n) is 12.9. The molecule has 0 unspecified atom stereocenters. The van der Waals surface area contributed by atoms with Gasteiger partial charge in [0.1, 0.15) is 6.54 Å². The van der Waals surface area contributed by atoms with Gasteiger partial charge in [-0.15, -0.1) is 0 Å². The molecule has 1 aliphatic rings. The van der Waals surface area contributed by atoms with E-state index in [1.165, 1.54) is 7.05 Å². The molecule has 0 aliphatic heterocycles. The molecule has 1 aromatic heterocycles. The van der Waals surface area contributed by atoms with Crippen molar-refractivity contribution in [3.05, 3.63) is 45.2 Å². The maximum Gasteiger partial charge on any atom is 0.323 e. The lowest BCUT2D eigenvalue weighted by Crippen LogP contribution is -2.32. The second kappa shape index (κ2) is 6.45. The van der Waals surface area contributed by atoms with Crippen molar-refractivity contribution in [2.75, 3.05) is 13.6 Å². The molecule has 1 heterocycles. The summed E-state index contributed by atoms with van der Waals surface area (Å²) < 4.78 is 1.67. The van der Waals surface area contributed by atoms with Crippen LogP contribution in [-0.2, 0) is 17.6 Å². The number of aliphatic carboxylic acids is 1. The first-order valence-corrected chi connectivity index (χ1v) is 8.17. The largest absolute Gasteiger partial charge is 0.480 e. The Morgan fingerprint density at radius 2 is 2.08 bits per heavy atom. The fraction of sp³-hybridized carbons (Fsp3) is 0.312. The number of nitrogens with zero attached hydrogens (tertiary/aromatic N) is 3. The molecule has 1 amide bonds. The number of amides is 1. The molecule has 126 valence electrons. The SMILES string of the molecule is CN(CC(=O)O)C(=O)c1nn(-c2ccc(Cl)cc2Cl)c2c1CCC2. The lowest BCUT2D eigenvalue weighted by Gasteiger charge is -2.13. The van der Waals surface area contributed by atoms with E-state index >= 15 is 0 Å². The third kappa shape index (κ3) is 2.99. The van der Waals surface area contributed by atoms with Gasteiger partial charge in [-0.05, 0) is 37.5 Å². The molecule has 0 saturated carbocycles. The number of carboxylic acid groups (broad SMARTS) is 1. The summed E-state index contributed by atoms with van der Waals surface area (Å²) in [7, 11) is 1.45. The zero-order chi connectivity index (χ0) is 17.4. The van der Waals surface area contributed by atoms with E-state index in [4.69, 9.17) is 28.3 Å². The van der Waals surface area contributed by atoms with Gasteiger partial charge in [0.15, 0.2) is 5.69 Å². The van der Waals surface area contributed by atoms with Crippen molar-refractivity contribution in [2.45, 2.75) is 19.3 Å². The van der Waals surface area contributed by atoms with E-state index in [1.54, 1.807) is 22.9 Å². The van der Waals surface area contributed by atoms with Gasteiger partial charge in [-0.25, -0.2) is 4.68 Å². The number of carbonyl (C=O) groups excluding carboxylic acids is 1. The summed E-state index contributed by atoms with van der Waals surface area (Å²) in [5.74, 6) is -1.47. The van der Waals surface area contributed by atoms with Crippen molar-refractivity contribution in [3.8, 4) is 5.69 Å². The molecule has 0 spiro atoms. The minimum absolute atomic E-state index is 0.289. The second-order valence-corrected chi connectivity index (χ2v) is 6.53. The van der Waals surface area contributed by atoms with Gasteiger partial charge in [0.05, 0.1) is 10.7 Å². The molecule has 0 atom stereocenters. The van der Waals surface area contributed by atoms with Gasteiger partial charge in [0.2, 0.25) is 0 Å². The van der Waals surface area contributed by atoms with Gasteiger partial charge >= 0.3 is 5.97 Å². The molecule has 1 aliphatic carbocycles. The summed E-state index contributed by atoms with van der Waals surface area (Å²) in [5.41, 5.74) is 2.74. The van der Waals surface area contributed by atoms with Crippen molar-refractivity contribution in [1.29, 1.82) is 0 Å². The van der Waals surface area contributed by atoms with Crippen molar-refractivity contribution >= 4 is 35.1 Å². The molecular weight excluding hydrogens is 353 g/mol. The minimum atomic E-state index is -1.07. The topological polar surface area (TPSA) is 75.4 Å². The fourth-order valence-electron chi connectivity index (χ4n) is 2.92. The Labute approximate surface area is 148 Å². The van der Waals surface area contributed by atoms with E-state index in [0.717, 1.165) is 35.4 Å². The number of fused-ring (bicyclic) bond motifs is 1. The highest BCUT2D eigenvalue weighted by molar-refractivity contribution is 6.35. The van der Waals surface area contributed by atoms with Crippen LogP contribution in [0.5, 0.6) is 0 Å². The van der Waals surface area contributed by atoms with Gasteiger partial charge < -0.3 is 10.0 Å². The predicted octanol–water partition coefficient (Wildman–Crippen LogP) is 2.82. The molecule has 1 aromatic carbocycles. The van der Waals surface area contributed by atoms with Crippen LogP contribution < -0.4 is 0 Å². The van der Waals surface area contributed by atoms with E-state index in [1.807, 2.05) is 0 Å². The number of benzene rings is 1. The number of carbonyl (C=O) groups is 2. The van der Waals surface area contributed by atoms with Crippen LogP contribution in [0.1, 0.15) is 28.2 Å². The Morgan fingerprint density at radius 3 is 2.75 bits per heavy atom. The Hall–Kier alpha value is -2.05. The number of aromatic nitrogens is 2. The van der Waals surface area contributed by atoms with Crippen LogP contribution in [0, 0.1) is 0 Å². The van der Waals surface area contributed by atoms with Crippen LogP contribution in [0.15, 0.2) is 18.2 Å². The maximum absolute atomic E-state index is 12.6. The Morgan fingerprint density at radius 1 is 1.33 bits per heavy atom. The van der Waals surface area contributed by atoms with E-state index < -0.39 is 11.9 Å². The van der Waals surface area contributed by atoms with E-state index in [9.17, 15) is 9.59 Å². The highest BCUT2D eigenvalue weighted by atomic mass is 35.5. The normalized spacial score (nSPS) is 13.0. The smallest absolute Gasteiger partial charge is 0.323 e. The second-order valence-electron chi connectivity index (χ2n) is 5.69. The van der Waals surface area contributed by atoms with E-state index in [-0.39, 0.29) is 12.2 Å². The molecule has 0 fully saturated rings. The van der Waals surface area contributed by atoms with Crippen LogP contribution in [-0.4, -0.2) is 45.3 Å². The van der Waals surface area contributed by atoms with Crippen LogP contribution in [0.2, 0.25) is 10.0 Å². The molecule has 0 saturated heterocycles. The average Bonchev–Trinajstić information content (AvgIpc) is 3.08. The predicted molar refractivity (Wildman–Crippen MR) is 90.2 cm³/mol. The number of carboxylic acids is 1. The Bertz CT molecular complexity index is 832. The van der Waals surface area contributed by atoms with E-state index in [0.29, 0.717) is 15.7 Å². The van der Waals surface area contributed by atoms with Crippen molar-refractivity contribution < 1.29 is 14.7 Å². The highest BCUT2D eigenvalue weighted by Gasteiger charge is 2.29. The molecule has 3 rings (SSSR count). The number of rotatable bonds is 4. The number of likely N-dealkylation sites (N-methyl/N-ethyl adjacent to an activating group) is 1. The van der Waals surface area contributed by atoms with Crippen LogP contribution in [0.25, 0.3) is 5.69 Å². The first-order chi connectivity index (χ1) is 11.4. The summed E-state index contributed by atoms with van der Waals surface area (Å²) >= 11 is 12.2. The first kappa shape index (κ1) is 16.8. The Kier molecular flexibility index (Phi) is 4.51. The third-order valence-electron chi connectivity index (χ3n) is 3.99. The minimum Gasteiger partial charge on any atom is -0.480 e. The molecule has 2 aromatic rings. The van der Waals surface area contributed by atoms with Crippen molar-refractivity contribution in [3.63, 3.8) is 0 Å². The molecule has 0 radical (unpaired) electrons. The number of hydrogen-bond acceptors (Lipinski definition) is 3. The molecular formula is C16H15Cl2N3O3. The highest BCUT2D eigenvalue weighted by Crippen LogP contribution is 2.31. The van der Waals surface area contributed by atoms with Gasteiger partial charge in [-0.3, -0.25) is 9.59 Å². The van der Waals surface area contributed by atoms with Crippen molar-refractivity contribution in [1.82, 2.24) is 14.7 Å². The quantitative estimate of drug-likeness (QED) is 0.901. The van der Waals surface area contributed by atoms with Crippen LogP contribution >= 0.6 is 23.2 Å². The summed E-state index contributed by atoms with van der Waals surface area (Å²) in [4.78, 5) is 24.5. The van der Waals surface area contributed by atoms with Crippen LogP contribution in [0.3, 0.4) is 0 Å². The fourth-order valence-corrected chi connectivity index (χ4v) is 3.41. The summed E-state index contributed by atoms with van der Waals surface area (Å²) in [6.07, 6.45) is 2.45. The standard InChI is InChI=1S/C16H15Cl2N3O3/c1-20(8-14(22)23)16(24)15-10-3-2-4-12(10)21(19-15)13-6-5-9(17)7-11(13)18/h5-7H,2-4,8H2,1H3,(H,22,23). The molecule has 1 N–H and O–H groups in total. The molecule has 8 heteroatoms. The van der Waals surface area contributed by atoms with Crippen molar-refractivity contribution in [2.24, 2.45) is 0 Å². The average molecular weight is 368 g/mol. The molecule has 6 nitrogen and oxygen atoms in total. The van der Waals surface area contributed by atoms with E-state index in [2.05, 4.69) is 5.10 Å². The number of hydrogen-bond donors (Lipinski definition) is 1. The lowest BCUT2D eigenvalue weighted by molar-refractivity contribution is -0.137. The maximum atomic E-state index is 12.6. The van der Waals surface area contributed by atoms with Crippen LogP contribution in [0.4, 0.5) is 0 Å². The summed E-state index contributed by atoms with van der Waals surface area (Å²) in [6.45, 7) is -0.373. The van der Waals surface area contributed by atoms with Gasteiger partial charge in [-0.2, -0.15) is 5.10 Å². The Balaban J connectivity index is 2.05. The summed E-state index contributed by atoms with van der Waals surface area (Å²) in [5, 5.41) is 14.3. The zero-order valence-corrected chi connectivity index (χ0v) is 14.4. The molecule has 24 heavy (non-hydrogen) atoms. The monoisotopic (exact) mass is 367 g/mol. The number of halogens is 2. The summed E-state index contributed by atoms with van der Waals surface area (Å²) in [6, 6.07) is 5.09. The molecule has 0 bridgehead atoms. The van der Waals surface area contributed by atoms with Gasteiger partial charge in [0, 0.05) is 23.3 Å². The van der Waals surface area contributed by atoms with Gasteiger partial charge in [-0.1, -0.05) is 23.2 Å². The first-order valence-electron chi connectivity index (χ1n) is 7.42. The lowest BCUT2D eigenvalue weighted by atomic mass is 10.2. The third-order valence-corrected chi connectivity index (χ3v) is 4.53. The van der Waals surface area contributed by atoms with Gasteiger partial charge in [0.25, 0.3) is 5.91 Å².